The Balaban J connectivity index is 1.68. The maximum absolute atomic E-state index is 13.4. The van der Waals surface area contributed by atoms with Crippen molar-refractivity contribution in [1.82, 2.24) is 4.90 Å². The first-order valence-electron chi connectivity index (χ1n) is 10.0. The lowest BCUT2D eigenvalue weighted by Crippen LogP contribution is -2.19. The SMILES string of the molecule is CN(C)CCOc1ccc(C2=C(C(=O)c3ccc(Cl)cc3)Cc3ccccc32)cc1. The quantitative estimate of drug-likeness (QED) is 0.474. The molecule has 1 aliphatic carbocycles. The van der Waals surface area contributed by atoms with E-state index in [1.807, 2.05) is 50.5 Å². The number of likely N-dealkylation sites (N-methyl/N-ethyl adjacent to an activating group) is 1. The molecule has 3 aromatic carbocycles. The van der Waals surface area contributed by atoms with Gasteiger partial charge < -0.3 is 9.64 Å². The van der Waals surface area contributed by atoms with E-state index >= 15 is 0 Å². The summed E-state index contributed by atoms with van der Waals surface area (Å²) in [7, 11) is 4.05. The topological polar surface area (TPSA) is 29.5 Å². The minimum atomic E-state index is 0.0455. The van der Waals surface area contributed by atoms with Gasteiger partial charge in [-0.2, -0.15) is 0 Å². The minimum Gasteiger partial charge on any atom is -0.492 e. The molecule has 0 saturated heterocycles. The van der Waals surface area contributed by atoms with E-state index in [2.05, 4.69) is 17.0 Å². The summed E-state index contributed by atoms with van der Waals surface area (Å²) in [5.74, 6) is 0.877. The summed E-state index contributed by atoms with van der Waals surface area (Å²) in [5, 5.41) is 0.625. The highest BCUT2D eigenvalue weighted by Gasteiger charge is 2.27. The van der Waals surface area contributed by atoms with Crippen LogP contribution >= 0.6 is 11.6 Å². The fraction of sp³-hybridized carbons (Fsp3) is 0.192. The second kappa shape index (κ2) is 8.86. The maximum atomic E-state index is 13.4. The zero-order chi connectivity index (χ0) is 21.1. The van der Waals surface area contributed by atoms with Gasteiger partial charge in [0.05, 0.1) is 0 Å². The average molecular weight is 418 g/mol. The molecule has 30 heavy (non-hydrogen) atoms. The number of fused-ring (bicyclic) bond motifs is 1. The van der Waals surface area contributed by atoms with Gasteiger partial charge in [0.1, 0.15) is 12.4 Å². The number of Topliss-reactive ketones (excluding diaryl/α,β-unsaturated/α-hetero) is 1. The molecule has 0 saturated carbocycles. The van der Waals surface area contributed by atoms with E-state index in [-0.39, 0.29) is 5.78 Å². The van der Waals surface area contributed by atoms with Crippen molar-refractivity contribution in [1.29, 1.82) is 0 Å². The number of hydrogen-bond donors (Lipinski definition) is 0. The Morgan fingerprint density at radius 3 is 2.37 bits per heavy atom. The third kappa shape index (κ3) is 4.33. The molecule has 0 fully saturated rings. The number of hydrogen-bond acceptors (Lipinski definition) is 3. The summed E-state index contributed by atoms with van der Waals surface area (Å²) >= 11 is 6.00. The van der Waals surface area contributed by atoms with Crippen LogP contribution in [0.15, 0.2) is 78.4 Å². The van der Waals surface area contributed by atoms with Gasteiger partial charge in [0.25, 0.3) is 0 Å². The number of ether oxygens (including phenoxy) is 1. The van der Waals surface area contributed by atoms with Crippen LogP contribution in [0.4, 0.5) is 0 Å². The molecule has 0 N–H and O–H groups in total. The zero-order valence-corrected chi connectivity index (χ0v) is 17.9. The molecular formula is C26H24ClNO2. The van der Waals surface area contributed by atoms with Gasteiger partial charge in [0.15, 0.2) is 5.78 Å². The summed E-state index contributed by atoms with van der Waals surface area (Å²) < 4.78 is 5.82. The molecule has 0 aliphatic heterocycles. The van der Waals surface area contributed by atoms with Crippen molar-refractivity contribution in [3.05, 3.63) is 106 Å². The Hall–Kier alpha value is -2.88. The van der Waals surface area contributed by atoms with Crippen LogP contribution < -0.4 is 4.74 Å². The normalized spacial score (nSPS) is 12.9. The van der Waals surface area contributed by atoms with Crippen molar-refractivity contribution in [2.45, 2.75) is 6.42 Å². The monoisotopic (exact) mass is 417 g/mol. The smallest absolute Gasteiger partial charge is 0.189 e. The van der Waals surface area contributed by atoms with Crippen molar-refractivity contribution >= 4 is 23.0 Å². The second-order valence-electron chi connectivity index (χ2n) is 7.70. The zero-order valence-electron chi connectivity index (χ0n) is 17.2. The first kappa shape index (κ1) is 20.4. The van der Waals surface area contributed by atoms with Crippen LogP contribution in [0.1, 0.15) is 27.0 Å². The summed E-state index contributed by atoms with van der Waals surface area (Å²) in [6.07, 6.45) is 0.633. The Kier molecular flexibility index (Phi) is 6.03. The molecule has 0 heterocycles. The van der Waals surface area contributed by atoms with Crippen molar-refractivity contribution in [2.24, 2.45) is 0 Å². The van der Waals surface area contributed by atoms with Gasteiger partial charge >= 0.3 is 0 Å². The highest BCUT2D eigenvalue weighted by molar-refractivity contribution is 6.30. The average Bonchev–Trinajstić information content (AvgIpc) is 3.14. The molecule has 0 bridgehead atoms. The number of nitrogens with zero attached hydrogens (tertiary/aromatic N) is 1. The number of benzene rings is 3. The van der Waals surface area contributed by atoms with E-state index in [1.54, 1.807) is 24.3 Å². The number of carbonyl (C=O) groups is 1. The van der Waals surface area contributed by atoms with Crippen LogP contribution in [0.3, 0.4) is 0 Å². The molecule has 0 unspecified atom stereocenters. The van der Waals surface area contributed by atoms with E-state index in [0.29, 0.717) is 23.6 Å². The molecule has 4 rings (SSSR count). The van der Waals surface area contributed by atoms with Crippen LogP contribution in [0.2, 0.25) is 5.02 Å². The van der Waals surface area contributed by atoms with Crippen LogP contribution in [0.25, 0.3) is 5.57 Å². The van der Waals surface area contributed by atoms with Crippen molar-refractivity contribution in [3.63, 3.8) is 0 Å². The number of halogens is 1. The third-order valence-electron chi connectivity index (χ3n) is 5.29. The Labute approximate surface area is 182 Å². The van der Waals surface area contributed by atoms with E-state index < -0.39 is 0 Å². The van der Waals surface area contributed by atoms with E-state index in [0.717, 1.165) is 34.6 Å². The van der Waals surface area contributed by atoms with Crippen LogP contribution in [0.5, 0.6) is 5.75 Å². The van der Waals surface area contributed by atoms with Crippen molar-refractivity contribution in [3.8, 4) is 5.75 Å². The van der Waals surface area contributed by atoms with Crippen molar-refractivity contribution < 1.29 is 9.53 Å². The molecule has 0 aromatic heterocycles. The maximum Gasteiger partial charge on any atom is 0.189 e. The van der Waals surface area contributed by atoms with E-state index in [1.165, 1.54) is 5.56 Å². The molecule has 3 aromatic rings. The molecule has 3 nitrogen and oxygen atoms in total. The van der Waals surface area contributed by atoms with Gasteiger partial charge in [-0.1, -0.05) is 48.0 Å². The van der Waals surface area contributed by atoms with Gasteiger partial charge in [-0.05, 0) is 72.8 Å². The predicted octanol–water partition coefficient (Wildman–Crippen LogP) is 5.52. The highest BCUT2D eigenvalue weighted by atomic mass is 35.5. The van der Waals surface area contributed by atoms with Crippen LogP contribution in [-0.4, -0.2) is 37.9 Å². The standard InChI is InChI=1S/C26H24ClNO2/c1-28(2)15-16-30-22-13-9-18(10-14-22)25-23-6-4-3-5-20(23)17-24(25)26(29)19-7-11-21(27)12-8-19/h3-14H,15-17H2,1-2H3. The highest BCUT2D eigenvalue weighted by Crippen LogP contribution is 2.39. The fourth-order valence-electron chi connectivity index (χ4n) is 3.72. The van der Waals surface area contributed by atoms with E-state index in [4.69, 9.17) is 16.3 Å². The first-order chi connectivity index (χ1) is 14.5. The van der Waals surface area contributed by atoms with Crippen molar-refractivity contribution in [2.75, 3.05) is 27.2 Å². The lowest BCUT2D eigenvalue weighted by molar-refractivity contribution is 0.103. The summed E-state index contributed by atoms with van der Waals surface area (Å²) in [6.45, 7) is 1.50. The van der Waals surface area contributed by atoms with Gasteiger partial charge in [-0.15, -0.1) is 0 Å². The van der Waals surface area contributed by atoms with Gasteiger partial charge in [-0.3, -0.25) is 4.79 Å². The van der Waals surface area contributed by atoms with Gasteiger partial charge in [-0.25, -0.2) is 0 Å². The molecule has 0 amide bonds. The lowest BCUT2D eigenvalue weighted by atomic mass is 9.94. The Bertz CT molecular complexity index is 1080. The largest absolute Gasteiger partial charge is 0.492 e. The fourth-order valence-corrected chi connectivity index (χ4v) is 3.85. The molecular weight excluding hydrogens is 394 g/mol. The third-order valence-corrected chi connectivity index (χ3v) is 5.54. The Morgan fingerprint density at radius 1 is 0.967 bits per heavy atom. The first-order valence-corrected chi connectivity index (χ1v) is 10.4. The predicted molar refractivity (Wildman–Crippen MR) is 122 cm³/mol. The summed E-state index contributed by atoms with van der Waals surface area (Å²) in [5.41, 5.74) is 5.80. The van der Waals surface area contributed by atoms with Crippen LogP contribution in [0, 0.1) is 0 Å². The van der Waals surface area contributed by atoms with Gasteiger partial charge in [0, 0.05) is 29.1 Å². The second-order valence-corrected chi connectivity index (χ2v) is 8.14. The minimum absolute atomic E-state index is 0.0455. The summed E-state index contributed by atoms with van der Waals surface area (Å²) in [6, 6.07) is 23.4. The molecule has 1 aliphatic rings. The lowest BCUT2D eigenvalue weighted by Gasteiger charge is -2.13. The number of rotatable bonds is 7. The van der Waals surface area contributed by atoms with Crippen LogP contribution in [-0.2, 0) is 6.42 Å². The number of ketones is 1. The number of carbonyl (C=O) groups excluding carboxylic acids is 1. The molecule has 0 radical (unpaired) electrons. The molecule has 0 atom stereocenters. The number of allylic oxidation sites excluding steroid dienone is 1. The summed E-state index contributed by atoms with van der Waals surface area (Å²) in [4.78, 5) is 15.4. The molecule has 152 valence electrons. The van der Waals surface area contributed by atoms with E-state index in [9.17, 15) is 4.79 Å². The van der Waals surface area contributed by atoms with Gasteiger partial charge in [0.2, 0.25) is 0 Å². The molecule has 4 heteroatoms. The molecule has 0 spiro atoms. The Morgan fingerprint density at radius 2 is 1.67 bits per heavy atom.